The number of nitrogens with one attached hydrogen (secondary N) is 1. The fourth-order valence-corrected chi connectivity index (χ4v) is 3.89. The second-order valence-electron chi connectivity index (χ2n) is 5.26. The van der Waals surface area contributed by atoms with Crippen LogP contribution in [0.2, 0.25) is 0 Å². The van der Waals surface area contributed by atoms with Gasteiger partial charge in [-0.05, 0) is 19.8 Å². The first kappa shape index (κ1) is 15.0. The Bertz CT molecular complexity index is 563. The van der Waals surface area contributed by atoms with Crippen molar-refractivity contribution in [2.45, 2.75) is 38.8 Å². The number of nitrogens with zero attached hydrogens (tertiary/aromatic N) is 4. The van der Waals surface area contributed by atoms with Crippen LogP contribution in [0.15, 0.2) is 6.20 Å². The highest BCUT2D eigenvalue weighted by Crippen LogP contribution is 2.20. The Morgan fingerprint density at radius 2 is 2.30 bits per heavy atom. The lowest BCUT2D eigenvalue weighted by Gasteiger charge is -2.23. The van der Waals surface area contributed by atoms with Gasteiger partial charge in [0.1, 0.15) is 0 Å². The Morgan fingerprint density at radius 1 is 1.55 bits per heavy atom. The lowest BCUT2D eigenvalue weighted by molar-refractivity contribution is 0.600. The van der Waals surface area contributed by atoms with E-state index in [0.29, 0.717) is 24.2 Å². The maximum atomic E-state index is 11.5. The van der Waals surface area contributed by atoms with Crippen molar-refractivity contribution < 1.29 is 8.42 Å². The number of hydrogen-bond acceptors (Lipinski definition) is 7. The summed E-state index contributed by atoms with van der Waals surface area (Å²) in [5, 5.41) is 11.2. The summed E-state index contributed by atoms with van der Waals surface area (Å²) in [7, 11) is -1.10. The number of aromatic nitrogens is 3. The van der Waals surface area contributed by atoms with Crippen LogP contribution in [0.1, 0.15) is 26.7 Å². The van der Waals surface area contributed by atoms with Gasteiger partial charge < -0.3 is 10.2 Å². The summed E-state index contributed by atoms with van der Waals surface area (Å²) in [5.74, 6) is 1.52. The van der Waals surface area contributed by atoms with Crippen molar-refractivity contribution in [1.29, 1.82) is 0 Å². The molecular formula is C12H21N5O2S. The van der Waals surface area contributed by atoms with Crippen molar-refractivity contribution in [3.05, 3.63) is 6.20 Å². The lowest BCUT2D eigenvalue weighted by Crippen LogP contribution is -2.34. The van der Waals surface area contributed by atoms with E-state index in [1.54, 1.807) is 11.1 Å². The molecule has 1 aliphatic heterocycles. The van der Waals surface area contributed by atoms with Gasteiger partial charge in [0.2, 0.25) is 5.95 Å². The van der Waals surface area contributed by atoms with Gasteiger partial charge in [-0.3, -0.25) is 0 Å². The zero-order valence-corrected chi connectivity index (χ0v) is 12.9. The Kier molecular flexibility index (Phi) is 4.42. The monoisotopic (exact) mass is 299 g/mol. The number of hydrogen-bond donors (Lipinski definition) is 1. The topological polar surface area (TPSA) is 88.1 Å². The van der Waals surface area contributed by atoms with Crippen LogP contribution in [0.4, 0.5) is 11.8 Å². The van der Waals surface area contributed by atoms with E-state index in [2.05, 4.69) is 34.3 Å². The molecule has 0 spiro atoms. The summed E-state index contributed by atoms with van der Waals surface area (Å²) >= 11 is 0. The molecule has 1 aliphatic rings. The van der Waals surface area contributed by atoms with Gasteiger partial charge in [-0.25, -0.2) is 8.42 Å². The molecule has 2 rings (SSSR count). The Balaban J connectivity index is 2.10. The minimum atomic E-state index is -2.91. The molecule has 112 valence electrons. The first-order valence-electron chi connectivity index (χ1n) is 6.81. The van der Waals surface area contributed by atoms with E-state index in [9.17, 15) is 8.42 Å². The van der Waals surface area contributed by atoms with Crippen molar-refractivity contribution in [3.63, 3.8) is 0 Å². The molecule has 0 aliphatic carbocycles. The van der Waals surface area contributed by atoms with Crippen molar-refractivity contribution >= 4 is 21.6 Å². The predicted molar refractivity (Wildman–Crippen MR) is 78.7 cm³/mol. The normalized spacial score (nSPS) is 22.4. The Morgan fingerprint density at radius 3 is 2.90 bits per heavy atom. The third kappa shape index (κ3) is 3.56. The molecule has 0 bridgehead atoms. The van der Waals surface area contributed by atoms with Crippen LogP contribution in [0, 0.1) is 0 Å². The fourth-order valence-electron chi connectivity index (χ4n) is 2.11. The summed E-state index contributed by atoms with van der Waals surface area (Å²) in [4.78, 5) is 6.20. The third-order valence-corrected chi connectivity index (χ3v) is 5.38. The van der Waals surface area contributed by atoms with Crippen molar-refractivity contribution in [1.82, 2.24) is 15.2 Å². The molecule has 7 nitrogen and oxygen atoms in total. The van der Waals surface area contributed by atoms with Gasteiger partial charge in [0.25, 0.3) is 0 Å². The maximum Gasteiger partial charge on any atom is 0.247 e. The Hall–Kier alpha value is -1.44. The van der Waals surface area contributed by atoms with Gasteiger partial charge in [0.15, 0.2) is 15.7 Å². The molecule has 0 saturated carbocycles. The van der Waals surface area contributed by atoms with Crippen LogP contribution >= 0.6 is 0 Å². The average Bonchev–Trinajstić information content (AvgIpc) is 2.78. The molecule has 0 amide bonds. The standard InChI is InChI=1S/C12H21N5O2S/c1-4-9(2)14-11-7-13-16-12(15-11)17(3)10-5-6-20(18,19)8-10/h7,9-10H,4-6,8H2,1-3H3,(H,14,15,16). The smallest absolute Gasteiger partial charge is 0.247 e. The zero-order chi connectivity index (χ0) is 14.8. The van der Waals surface area contributed by atoms with Crippen LogP contribution in [0.25, 0.3) is 0 Å². The number of sulfone groups is 1. The summed E-state index contributed by atoms with van der Waals surface area (Å²) in [6.45, 7) is 4.15. The van der Waals surface area contributed by atoms with Gasteiger partial charge in [-0.1, -0.05) is 6.92 Å². The highest BCUT2D eigenvalue weighted by Gasteiger charge is 2.31. The minimum Gasteiger partial charge on any atom is -0.366 e. The second kappa shape index (κ2) is 5.90. The minimum absolute atomic E-state index is 0.0688. The van der Waals surface area contributed by atoms with E-state index in [1.165, 1.54) is 0 Å². The first-order chi connectivity index (χ1) is 9.41. The molecule has 1 fully saturated rings. The van der Waals surface area contributed by atoms with E-state index >= 15 is 0 Å². The molecule has 0 aromatic carbocycles. The van der Waals surface area contributed by atoms with Crippen LogP contribution in [0.3, 0.4) is 0 Å². The van der Waals surface area contributed by atoms with Crippen molar-refractivity contribution in [3.8, 4) is 0 Å². The van der Waals surface area contributed by atoms with Crippen LogP contribution in [0.5, 0.6) is 0 Å². The lowest BCUT2D eigenvalue weighted by atomic mass is 10.2. The highest BCUT2D eigenvalue weighted by atomic mass is 32.2. The molecular weight excluding hydrogens is 278 g/mol. The van der Waals surface area contributed by atoms with Crippen LogP contribution in [-0.4, -0.2) is 54.2 Å². The highest BCUT2D eigenvalue weighted by molar-refractivity contribution is 7.91. The molecule has 1 aromatic rings. The molecule has 1 aromatic heterocycles. The largest absolute Gasteiger partial charge is 0.366 e. The predicted octanol–water partition coefficient (Wildman–Crippen LogP) is 0.705. The van der Waals surface area contributed by atoms with E-state index in [1.807, 2.05) is 7.05 Å². The van der Waals surface area contributed by atoms with Gasteiger partial charge in [0, 0.05) is 19.1 Å². The maximum absolute atomic E-state index is 11.5. The van der Waals surface area contributed by atoms with Gasteiger partial charge in [-0.2, -0.15) is 10.1 Å². The molecule has 20 heavy (non-hydrogen) atoms. The number of anilines is 2. The third-order valence-electron chi connectivity index (χ3n) is 3.63. The SMILES string of the molecule is CCC(C)Nc1cnnc(N(C)C2CCS(=O)(=O)C2)n1. The van der Waals surface area contributed by atoms with Crippen LogP contribution in [-0.2, 0) is 9.84 Å². The zero-order valence-electron chi connectivity index (χ0n) is 12.1. The molecule has 2 atom stereocenters. The van der Waals surface area contributed by atoms with Gasteiger partial charge >= 0.3 is 0 Å². The van der Waals surface area contributed by atoms with E-state index in [-0.39, 0.29) is 17.5 Å². The fraction of sp³-hybridized carbons (Fsp3) is 0.750. The van der Waals surface area contributed by atoms with Crippen molar-refractivity contribution in [2.24, 2.45) is 0 Å². The van der Waals surface area contributed by atoms with E-state index < -0.39 is 9.84 Å². The first-order valence-corrected chi connectivity index (χ1v) is 8.63. The van der Waals surface area contributed by atoms with Crippen molar-refractivity contribution in [2.75, 3.05) is 28.8 Å². The van der Waals surface area contributed by atoms with E-state index in [4.69, 9.17) is 0 Å². The molecule has 1 N–H and O–H groups in total. The van der Waals surface area contributed by atoms with Gasteiger partial charge in [-0.15, -0.1) is 5.10 Å². The van der Waals surface area contributed by atoms with Crippen LogP contribution < -0.4 is 10.2 Å². The number of rotatable bonds is 5. The molecule has 8 heteroatoms. The summed E-state index contributed by atoms with van der Waals surface area (Å²) in [6.07, 6.45) is 3.18. The Labute approximate surface area is 119 Å². The summed E-state index contributed by atoms with van der Waals surface area (Å²) in [6, 6.07) is 0.234. The average molecular weight is 299 g/mol. The molecule has 1 saturated heterocycles. The molecule has 0 radical (unpaired) electrons. The quantitative estimate of drug-likeness (QED) is 0.856. The molecule has 2 heterocycles. The van der Waals surface area contributed by atoms with E-state index in [0.717, 1.165) is 6.42 Å². The summed E-state index contributed by atoms with van der Waals surface area (Å²) in [5.41, 5.74) is 0. The molecule has 2 unspecified atom stereocenters. The van der Waals surface area contributed by atoms with Gasteiger partial charge in [0.05, 0.1) is 17.7 Å². The summed E-state index contributed by atoms with van der Waals surface area (Å²) < 4.78 is 23.1. The second-order valence-corrected chi connectivity index (χ2v) is 7.49.